The van der Waals surface area contributed by atoms with E-state index in [1.165, 1.54) is 24.3 Å². The average Bonchev–Trinajstić information content (AvgIpc) is 3.11. The molecule has 2 aromatic carbocycles. The van der Waals surface area contributed by atoms with Gasteiger partial charge in [-0.1, -0.05) is 29.8 Å². The molecule has 0 saturated heterocycles. The number of benzene rings is 2. The zero-order valence-electron chi connectivity index (χ0n) is 14.3. The summed E-state index contributed by atoms with van der Waals surface area (Å²) >= 11 is 0. The molecule has 3 aromatic rings. The molecule has 132 valence electrons. The van der Waals surface area contributed by atoms with Crippen LogP contribution in [0.2, 0.25) is 0 Å². The smallest absolute Gasteiger partial charge is 0.331 e. The average molecular weight is 352 g/mol. The number of aryl methyl sites for hydroxylation is 1. The molecule has 0 fully saturated rings. The van der Waals surface area contributed by atoms with Gasteiger partial charge in [-0.25, -0.2) is 9.18 Å². The number of hydrogen-bond donors (Lipinski definition) is 0. The highest BCUT2D eigenvalue weighted by Crippen LogP contribution is 2.22. The van der Waals surface area contributed by atoms with Gasteiger partial charge in [0, 0.05) is 11.6 Å². The molecule has 0 radical (unpaired) electrons. The van der Waals surface area contributed by atoms with Crippen LogP contribution >= 0.6 is 0 Å². The van der Waals surface area contributed by atoms with Crippen molar-refractivity contribution in [1.29, 1.82) is 0 Å². The Kier molecular flexibility index (Phi) is 5.22. The summed E-state index contributed by atoms with van der Waals surface area (Å²) in [6.07, 6.45) is 2.00. The van der Waals surface area contributed by atoms with E-state index in [0.717, 1.165) is 11.1 Å². The first-order valence-corrected chi connectivity index (χ1v) is 8.06. The molecular weight excluding hydrogens is 335 g/mol. The predicted molar refractivity (Wildman–Crippen MR) is 94.4 cm³/mol. The summed E-state index contributed by atoms with van der Waals surface area (Å²) < 4.78 is 23.9. The molecule has 1 heterocycles. The van der Waals surface area contributed by atoms with Gasteiger partial charge in [0.05, 0.1) is 0 Å². The first-order valence-electron chi connectivity index (χ1n) is 8.06. The van der Waals surface area contributed by atoms with Crippen LogP contribution in [0.25, 0.3) is 17.5 Å². The summed E-state index contributed by atoms with van der Waals surface area (Å²) in [6.45, 7) is 3.63. The van der Waals surface area contributed by atoms with E-state index in [-0.39, 0.29) is 11.7 Å². The quantitative estimate of drug-likeness (QED) is 0.500. The van der Waals surface area contributed by atoms with Gasteiger partial charge in [0.1, 0.15) is 5.82 Å². The summed E-state index contributed by atoms with van der Waals surface area (Å²) in [5, 5.41) is 7.91. The largest absolute Gasteiger partial charge is 0.449 e. The standard InChI is InChI=1S/C20H17FN2O3/c1-13-6-9-16(10-7-13)20-23-22-19(26-20)14(2)25-18(24)11-8-15-4-3-5-17(21)12-15/h3-12,14H,1-2H3/b11-8+/t14-/m0/s1. The normalized spacial score (nSPS) is 12.3. The minimum absolute atomic E-state index is 0.202. The third kappa shape index (κ3) is 4.42. The van der Waals surface area contributed by atoms with Gasteiger partial charge in [0.25, 0.3) is 5.89 Å². The van der Waals surface area contributed by atoms with Gasteiger partial charge in [-0.3, -0.25) is 0 Å². The summed E-state index contributed by atoms with van der Waals surface area (Å²) in [5.74, 6) is -0.397. The van der Waals surface area contributed by atoms with Crippen molar-refractivity contribution in [2.24, 2.45) is 0 Å². The van der Waals surface area contributed by atoms with E-state index < -0.39 is 12.1 Å². The third-order valence-electron chi connectivity index (χ3n) is 3.64. The molecule has 0 N–H and O–H groups in total. The number of carbonyl (C=O) groups excluding carboxylic acids is 1. The second-order valence-corrected chi connectivity index (χ2v) is 5.78. The van der Waals surface area contributed by atoms with Crippen LogP contribution in [0.4, 0.5) is 4.39 Å². The van der Waals surface area contributed by atoms with Gasteiger partial charge in [-0.2, -0.15) is 0 Å². The van der Waals surface area contributed by atoms with Crippen LogP contribution in [0.1, 0.15) is 30.0 Å². The highest BCUT2D eigenvalue weighted by atomic mass is 19.1. The fraction of sp³-hybridized carbons (Fsp3) is 0.150. The Hall–Kier alpha value is -3.28. The molecule has 3 rings (SSSR count). The van der Waals surface area contributed by atoms with Crippen molar-refractivity contribution < 1.29 is 18.3 Å². The Bertz CT molecular complexity index is 932. The number of hydrogen-bond acceptors (Lipinski definition) is 5. The molecule has 6 heteroatoms. The predicted octanol–water partition coefficient (Wildman–Crippen LogP) is 4.50. The Morgan fingerprint density at radius 3 is 2.69 bits per heavy atom. The second-order valence-electron chi connectivity index (χ2n) is 5.78. The lowest BCUT2D eigenvalue weighted by Crippen LogP contribution is -2.06. The highest BCUT2D eigenvalue weighted by molar-refractivity contribution is 5.87. The van der Waals surface area contributed by atoms with Gasteiger partial charge >= 0.3 is 5.97 Å². The Balaban J connectivity index is 1.63. The molecule has 26 heavy (non-hydrogen) atoms. The molecule has 0 saturated carbocycles. The number of carbonyl (C=O) groups is 1. The summed E-state index contributed by atoms with van der Waals surface area (Å²) in [7, 11) is 0. The summed E-state index contributed by atoms with van der Waals surface area (Å²) in [4.78, 5) is 11.9. The molecule has 0 aliphatic rings. The molecule has 0 bridgehead atoms. The maximum absolute atomic E-state index is 13.1. The minimum atomic E-state index is -0.702. The Labute approximate surface area is 150 Å². The number of ether oxygens (including phenoxy) is 1. The molecule has 1 atom stereocenters. The fourth-order valence-electron chi connectivity index (χ4n) is 2.25. The topological polar surface area (TPSA) is 65.2 Å². The van der Waals surface area contributed by atoms with Crippen LogP contribution in [0.3, 0.4) is 0 Å². The zero-order chi connectivity index (χ0) is 18.5. The van der Waals surface area contributed by atoms with Crippen molar-refractivity contribution in [3.8, 4) is 11.5 Å². The fourth-order valence-corrected chi connectivity index (χ4v) is 2.25. The van der Waals surface area contributed by atoms with Gasteiger partial charge in [-0.15, -0.1) is 10.2 Å². The molecule has 0 unspecified atom stereocenters. The number of aromatic nitrogens is 2. The van der Waals surface area contributed by atoms with Gasteiger partial charge in [-0.05, 0) is 49.8 Å². The summed E-state index contributed by atoms with van der Waals surface area (Å²) in [5.41, 5.74) is 2.48. The van der Waals surface area contributed by atoms with Crippen molar-refractivity contribution >= 4 is 12.0 Å². The zero-order valence-corrected chi connectivity index (χ0v) is 14.3. The van der Waals surface area contributed by atoms with Crippen LogP contribution < -0.4 is 0 Å². The van der Waals surface area contributed by atoms with Crippen molar-refractivity contribution in [2.45, 2.75) is 20.0 Å². The van der Waals surface area contributed by atoms with E-state index >= 15 is 0 Å². The Morgan fingerprint density at radius 1 is 1.19 bits per heavy atom. The summed E-state index contributed by atoms with van der Waals surface area (Å²) in [6, 6.07) is 13.5. The van der Waals surface area contributed by atoms with Crippen LogP contribution in [0, 0.1) is 12.7 Å². The van der Waals surface area contributed by atoms with E-state index in [0.29, 0.717) is 11.5 Å². The second kappa shape index (κ2) is 7.74. The lowest BCUT2D eigenvalue weighted by molar-refractivity contribution is -0.143. The number of rotatable bonds is 5. The van der Waals surface area contributed by atoms with Crippen molar-refractivity contribution in [3.05, 3.63) is 77.4 Å². The molecular formula is C20H17FN2O3. The van der Waals surface area contributed by atoms with Gasteiger partial charge < -0.3 is 9.15 Å². The van der Waals surface area contributed by atoms with Crippen molar-refractivity contribution in [1.82, 2.24) is 10.2 Å². The maximum Gasteiger partial charge on any atom is 0.331 e. The van der Waals surface area contributed by atoms with E-state index in [1.807, 2.05) is 31.2 Å². The van der Waals surface area contributed by atoms with Gasteiger partial charge in [0.15, 0.2) is 6.10 Å². The first-order chi connectivity index (χ1) is 12.5. The molecule has 0 spiro atoms. The molecule has 0 aliphatic carbocycles. The number of halogens is 1. The van der Waals surface area contributed by atoms with Crippen LogP contribution in [0.5, 0.6) is 0 Å². The van der Waals surface area contributed by atoms with E-state index in [1.54, 1.807) is 19.1 Å². The SMILES string of the molecule is Cc1ccc(-c2nnc([C@H](C)OC(=O)/C=C/c3cccc(F)c3)o2)cc1. The molecule has 1 aromatic heterocycles. The lowest BCUT2D eigenvalue weighted by Gasteiger charge is -2.06. The van der Waals surface area contributed by atoms with E-state index in [2.05, 4.69) is 10.2 Å². The number of nitrogens with zero attached hydrogens (tertiary/aromatic N) is 2. The lowest BCUT2D eigenvalue weighted by atomic mass is 10.1. The minimum Gasteiger partial charge on any atom is -0.449 e. The molecule has 5 nitrogen and oxygen atoms in total. The van der Waals surface area contributed by atoms with Crippen LogP contribution in [-0.4, -0.2) is 16.2 Å². The Morgan fingerprint density at radius 2 is 1.96 bits per heavy atom. The van der Waals surface area contributed by atoms with E-state index in [9.17, 15) is 9.18 Å². The van der Waals surface area contributed by atoms with E-state index in [4.69, 9.17) is 9.15 Å². The molecule has 0 amide bonds. The monoisotopic (exact) mass is 352 g/mol. The first kappa shape index (κ1) is 17.5. The third-order valence-corrected chi connectivity index (χ3v) is 3.64. The van der Waals surface area contributed by atoms with Gasteiger partial charge in [0.2, 0.25) is 5.89 Å². The van der Waals surface area contributed by atoms with Crippen molar-refractivity contribution in [3.63, 3.8) is 0 Å². The highest BCUT2D eigenvalue weighted by Gasteiger charge is 2.18. The number of esters is 1. The van der Waals surface area contributed by atoms with Crippen LogP contribution in [0.15, 0.2) is 59.0 Å². The van der Waals surface area contributed by atoms with Crippen molar-refractivity contribution in [2.75, 3.05) is 0 Å². The van der Waals surface area contributed by atoms with Crippen LogP contribution in [-0.2, 0) is 9.53 Å². The maximum atomic E-state index is 13.1. The molecule has 0 aliphatic heterocycles.